The normalized spacial score (nSPS) is 10.8. The number of ether oxygens (including phenoxy) is 1. The highest BCUT2D eigenvalue weighted by Gasteiger charge is 2.31. The van der Waals surface area contributed by atoms with Crippen molar-refractivity contribution in [2.45, 2.75) is 60.5 Å². The predicted molar refractivity (Wildman–Crippen MR) is 307 cm³/mol. The molecule has 7 rings (SSSR count). The third-order valence-corrected chi connectivity index (χ3v) is 12.9. The molecule has 7 aromatic carbocycles. The lowest BCUT2D eigenvalue weighted by atomic mass is 10.1. The average molecular weight is 1270 g/mol. The van der Waals surface area contributed by atoms with Gasteiger partial charge in [0.2, 0.25) is 11.7 Å². The molecule has 0 bridgehead atoms. The van der Waals surface area contributed by atoms with Gasteiger partial charge in [-0.05, 0) is 92.8 Å². The van der Waals surface area contributed by atoms with Crippen molar-refractivity contribution in [2.75, 3.05) is 21.3 Å². The molecule has 0 aliphatic rings. The van der Waals surface area contributed by atoms with E-state index in [0.29, 0.717) is 52.4 Å². The van der Waals surface area contributed by atoms with Gasteiger partial charge in [0.1, 0.15) is 38.6 Å². The van der Waals surface area contributed by atoms with Gasteiger partial charge in [0.05, 0.1) is 54.8 Å². The van der Waals surface area contributed by atoms with Crippen LogP contribution < -0.4 is 26.0 Å². The number of aryl methyl sites for hydroxylation is 3. The molecule has 1 unspecified atom stereocenters. The van der Waals surface area contributed by atoms with E-state index in [9.17, 15) is 76.7 Å². The molecule has 0 heterocycles. The van der Waals surface area contributed by atoms with E-state index >= 15 is 0 Å². The van der Waals surface area contributed by atoms with Gasteiger partial charge in [0.15, 0.2) is 35.1 Å². The number of nitrogens with zero attached hydrogens (tertiary/aromatic N) is 2. The number of carbonyl (C=O) groups excluding carboxylic acids is 4. The molecule has 8 N–H and O–H groups in total. The number of halogens is 10. The summed E-state index contributed by atoms with van der Waals surface area (Å²) in [6.45, 7) is 10.6. The van der Waals surface area contributed by atoms with Crippen molar-refractivity contribution in [1.82, 2.24) is 0 Å². The smallest absolute Gasteiger partial charge is 0.291 e. The first-order chi connectivity index (χ1) is 39.3. The van der Waals surface area contributed by atoms with Crippen molar-refractivity contribution >= 4 is 116 Å². The van der Waals surface area contributed by atoms with Gasteiger partial charge in [-0.1, -0.05) is 108 Å². The summed E-state index contributed by atoms with van der Waals surface area (Å²) < 4.78 is 72.1. The molecule has 19 nitrogen and oxygen atoms in total. The molecule has 0 aliphatic heterocycles. The molecule has 0 aromatic heterocycles. The Kier molecular flexibility index (Phi) is 24.3. The first-order valence-corrected chi connectivity index (χ1v) is 25.8. The van der Waals surface area contributed by atoms with E-state index in [0.717, 1.165) is 17.2 Å². The fraction of sp³-hybridized carbons (Fsp3) is 0.164. The number of anilines is 4. The van der Waals surface area contributed by atoms with Gasteiger partial charge in [-0.15, -0.1) is 0 Å². The number of hydrogen-bond acceptors (Lipinski definition) is 13. The quantitative estimate of drug-likeness (QED) is 0.0133. The summed E-state index contributed by atoms with van der Waals surface area (Å²) in [6.07, 6.45) is 0.312. The lowest BCUT2D eigenvalue weighted by Crippen LogP contribution is -2.32. The van der Waals surface area contributed by atoms with E-state index in [1.165, 1.54) is 31.2 Å². The molecule has 444 valence electrons. The van der Waals surface area contributed by atoms with Crippen molar-refractivity contribution in [1.29, 1.82) is 0 Å². The van der Waals surface area contributed by atoms with Crippen LogP contribution in [0.3, 0.4) is 0 Å². The minimum absolute atomic E-state index is 0.0373. The zero-order chi connectivity index (χ0) is 63.2. The van der Waals surface area contributed by atoms with Crippen LogP contribution in [0.2, 0.25) is 25.1 Å². The molecule has 0 aliphatic carbocycles. The number of phenolic OH excluding ortho intramolecular Hbond substituents is 4. The Labute approximate surface area is 498 Å². The minimum Gasteiger partial charge on any atom is -0.507 e. The van der Waals surface area contributed by atoms with Gasteiger partial charge in [0, 0.05) is 23.6 Å². The second-order valence-electron chi connectivity index (χ2n) is 17.3. The highest BCUT2D eigenvalue weighted by Crippen LogP contribution is 2.40. The molecule has 0 saturated heterocycles. The average Bonchev–Trinajstić information content (AvgIpc) is 1.95. The number of nitro benzene ring substituents is 2. The molecule has 84 heavy (non-hydrogen) atoms. The molecule has 1 atom stereocenters. The summed E-state index contributed by atoms with van der Waals surface area (Å²) in [5.74, 6) is -15.6. The first-order valence-electron chi connectivity index (χ1n) is 23.9. The number of benzene rings is 7. The third kappa shape index (κ3) is 17.4. The second kappa shape index (κ2) is 30.0. The zero-order valence-electron chi connectivity index (χ0n) is 44.3. The number of hydrogen-bond donors (Lipinski definition) is 8. The van der Waals surface area contributed by atoms with Crippen LogP contribution in [0.1, 0.15) is 70.2 Å². The first kappa shape index (κ1) is 67.8. The fourth-order valence-corrected chi connectivity index (χ4v) is 8.44. The van der Waals surface area contributed by atoms with E-state index in [-0.39, 0.29) is 66.9 Å². The minimum atomic E-state index is -2.45. The van der Waals surface area contributed by atoms with Crippen LogP contribution in [0.4, 0.5) is 56.1 Å². The molecule has 0 saturated carbocycles. The summed E-state index contributed by atoms with van der Waals surface area (Å²) in [5, 5.41) is 69.3. The highest BCUT2D eigenvalue weighted by atomic mass is 35.5. The lowest BCUT2D eigenvalue weighted by molar-refractivity contribution is -0.384. The molecule has 4 amide bonds. The van der Waals surface area contributed by atoms with Crippen molar-refractivity contribution < 1.29 is 76.1 Å². The van der Waals surface area contributed by atoms with Crippen molar-refractivity contribution in [3.63, 3.8) is 0 Å². The van der Waals surface area contributed by atoms with E-state index in [1.54, 1.807) is 42.6 Å². The van der Waals surface area contributed by atoms with Gasteiger partial charge in [-0.3, -0.25) is 39.4 Å². The summed E-state index contributed by atoms with van der Waals surface area (Å²) in [5.41, 5.74) is 0.789. The largest absolute Gasteiger partial charge is 0.507 e. The summed E-state index contributed by atoms with van der Waals surface area (Å²) in [4.78, 5) is 67.1. The van der Waals surface area contributed by atoms with Crippen molar-refractivity contribution in [2.24, 2.45) is 0 Å². The SMILES string of the molecule is CCC(Oc1ccc(C)cc1C)C(=O)Nc1cc(O)c(NC(=O)c2ccccc2)cc1Cl.CCc1c(Cl)cc(NC(C)=O)c(O)c1Cl.Cc1cc(Cl)c([N+](=O)[O-])cc1O.O=C(Nc1cc(Cl)c([N+](=O)[O-])cc1O)c1c(F)c(F)c(F)c(F)c1F. The topological polar surface area (TPSA) is 293 Å². The van der Waals surface area contributed by atoms with Crippen LogP contribution in [0, 0.1) is 70.1 Å². The van der Waals surface area contributed by atoms with Gasteiger partial charge in [0.25, 0.3) is 29.1 Å². The number of carbonyl (C=O) groups is 4. The number of phenols is 4. The second-order valence-corrected chi connectivity index (χ2v) is 19.4. The Morgan fingerprint density at radius 2 is 1.07 bits per heavy atom. The predicted octanol–water partition coefficient (Wildman–Crippen LogP) is 15.1. The maximum absolute atomic E-state index is 13.5. The molecule has 0 spiro atoms. The van der Waals surface area contributed by atoms with Crippen LogP contribution in [0.15, 0.2) is 91.0 Å². The summed E-state index contributed by atoms with van der Waals surface area (Å²) in [6, 6.07) is 22.1. The molecular formula is C55H46Cl5F5N6O13. The van der Waals surface area contributed by atoms with E-state index in [2.05, 4.69) is 16.0 Å². The van der Waals surface area contributed by atoms with Gasteiger partial charge in [-0.25, -0.2) is 22.0 Å². The van der Waals surface area contributed by atoms with E-state index < -0.39 is 84.6 Å². The van der Waals surface area contributed by atoms with Gasteiger partial charge < -0.3 is 46.4 Å². The molecule has 0 fully saturated rings. The Morgan fingerprint density at radius 1 is 0.571 bits per heavy atom. The maximum Gasteiger partial charge on any atom is 0.291 e. The van der Waals surface area contributed by atoms with Gasteiger partial charge in [-0.2, -0.15) is 0 Å². The maximum atomic E-state index is 13.5. The van der Waals surface area contributed by atoms with Crippen LogP contribution in [-0.4, -0.2) is 60.0 Å². The fourth-order valence-electron chi connectivity index (χ4n) is 6.99. The lowest BCUT2D eigenvalue weighted by Gasteiger charge is -2.19. The van der Waals surface area contributed by atoms with Crippen molar-refractivity contribution in [3.8, 4) is 28.7 Å². The number of amides is 4. The number of aromatic hydroxyl groups is 4. The molecule has 7 aromatic rings. The van der Waals surface area contributed by atoms with E-state index in [1.807, 2.05) is 45.9 Å². The Bertz CT molecular complexity index is 3670. The van der Waals surface area contributed by atoms with Crippen LogP contribution in [0.25, 0.3) is 0 Å². The summed E-state index contributed by atoms with van der Waals surface area (Å²) in [7, 11) is 0. The highest BCUT2D eigenvalue weighted by molar-refractivity contribution is 6.38. The number of nitrogens with one attached hydrogen (secondary N) is 4. The number of rotatable bonds is 13. The Balaban J connectivity index is 0.000000257. The third-order valence-electron chi connectivity index (χ3n) is 11.3. The molecule has 29 heteroatoms. The molecule has 0 radical (unpaired) electrons. The monoisotopic (exact) mass is 1270 g/mol. The van der Waals surface area contributed by atoms with Crippen LogP contribution in [-0.2, 0) is 16.0 Å². The summed E-state index contributed by atoms with van der Waals surface area (Å²) >= 11 is 29.2. The van der Waals surface area contributed by atoms with E-state index in [4.69, 9.17) is 67.8 Å². The van der Waals surface area contributed by atoms with Crippen molar-refractivity contribution in [3.05, 3.63) is 199 Å². The number of nitro groups is 2. The van der Waals surface area contributed by atoms with Crippen LogP contribution >= 0.6 is 58.0 Å². The molecular weight excluding hydrogens is 1220 g/mol. The van der Waals surface area contributed by atoms with Gasteiger partial charge >= 0.3 is 0 Å². The standard InChI is InChI=1S/C25H25ClN2O4.C13H4ClF5N2O4.C10H11Cl2NO2.C7H6ClNO3/c1-4-22(32-23-11-10-15(2)12-16(23)3)25(31)27-19-14-21(29)20(13-18(19)26)28-24(30)17-8-6-5-7-9-17;14-3-1-4(6(22)2-5(3)21(24)25)20-13(23)7-8(15)10(17)12(19)11(18)9(7)16;1-3-6-7(11)4-8(13-5(2)14)10(15)9(6)12;1-4-2-5(8)6(9(11)12)3-7(4)10/h5-14,22,29H,4H2,1-3H3,(H,27,31)(H,28,30);1-2,22H,(H,20,23);4,15H,3H2,1-2H3,(H,13,14);2-3,10H,1H3. The Morgan fingerprint density at radius 3 is 1.60 bits per heavy atom. The zero-order valence-corrected chi connectivity index (χ0v) is 48.1. The Hall–Kier alpha value is -8.68. The van der Waals surface area contributed by atoms with Crippen LogP contribution in [0.5, 0.6) is 28.7 Å².